The van der Waals surface area contributed by atoms with E-state index in [0.29, 0.717) is 12.8 Å². The summed E-state index contributed by atoms with van der Waals surface area (Å²) in [6.07, 6.45) is 3.23. The second-order valence-electron chi connectivity index (χ2n) is 4.44. The summed E-state index contributed by atoms with van der Waals surface area (Å²) >= 11 is 0. The van der Waals surface area contributed by atoms with Gasteiger partial charge in [0.05, 0.1) is 5.60 Å². The molecule has 1 heterocycles. The third-order valence-corrected chi connectivity index (χ3v) is 3.30. The number of fused-ring (bicyclic) bond motifs is 1. The molecule has 1 aliphatic rings. The maximum atomic E-state index is 10.4. The molecule has 0 unspecified atom stereocenters. The molecule has 1 aromatic carbocycles. The van der Waals surface area contributed by atoms with Crippen LogP contribution in [0.5, 0.6) is 0 Å². The SMILES string of the molecule is NC1CC(O)(c2cccc3[nH]ccc23)C1. The van der Waals surface area contributed by atoms with Crippen LogP contribution in [0, 0.1) is 0 Å². The fourth-order valence-corrected chi connectivity index (χ4v) is 2.52. The summed E-state index contributed by atoms with van der Waals surface area (Å²) in [5.74, 6) is 0. The molecule has 1 aromatic heterocycles. The Morgan fingerprint density at radius 3 is 2.87 bits per heavy atom. The van der Waals surface area contributed by atoms with E-state index in [-0.39, 0.29) is 6.04 Å². The van der Waals surface area contributed by atoms with Crippen LogP contribution in [-0.2, 0) is 5.60 Å². The smallest absolute Gasteiger partial charge is 0.0932 e. The molecule has 0 radical (unpaired) electrons. The molecule has 0 bridgehead atoms. The summed E-state index contributed by atoms with van der Waals surface area (Å²) in [5, 5.41) is 11.5. The van der Waals surface area contributed by atoms with E-state index in [4.69, 9.17) is 5.73 Å². The van der Waals surface area contributed by atoms with E-state index in [9.17, 15) is 5.11 Å². The first-order valence-electron chi connectivity index (χ1n) is 5.24. The van der Waals surface area contributed by atoms with Gasteiger partial charge in [-0.2, -0.15) is 0 Å². The highest BCUT2D eigenvalue weighted by molar-refractivity contribution is 5.84. The van der Waals surface area contributed by atoms with Crippen molar-refractivity contribution in [2.24, 2.45) is 5.73 Å². The first kappa shape index (κ1) is 8.95. The van der Waals surface area contributed by atoms with E-state index in [1.54, 1.807) is 0 Å². The van der Waals surface area contributed by atoms with Crippen LogP contribution < -0.4 is 5.73 Å². The lowest BCUT2D eigenvalue weighted by atomic mass is 9.71. The normalized spacial score (nSPS) is 30.4. The third kappa shape index (κ3) is 1.20. The molecular weight excluding hydrogens is 188 g/mol. The number of rotatable bonds is 1. The number of nitrogens with two attached hydrogens (primary N) is 1. The van der Waals surface area contributed by atoms with Gasteiger partial charge in [-0.25, -0.2) is 0 Å². The summed E-state index contributed by atoms with van der Waals surface area (Å²) in [6, 6.07) is 8.12. The maximum Gasteiger partial charge on any atom is 0.0932 e. The zero-order chi connectivity index (χ0) is 10.5. The molecule has 3 rings (SSSR count). The number of aromatic nitrogens is 1. The third-order valence-electron chi connectivity index (χ3n) is 3.30. The monoisotopic (exact) mass is 202 g/mol. The fraction of sp³-hybridized carbons (Fsp3) is 0.333. The van der Waals surface area contributed by atoms with Crippen LogP contribution in [0.15, 0.2) is 30.5 Å². The van der Waals surface area contributed by atoms with E-state index < -0.39 is 5.60 Å². The van der Waals surface area contributed by atoms with E-state index in [1.165, 1.54) is 0 Å². The van der Waals surface area contributed by atoms with Crippen molar-refractivity contribution >= 4 is 10.9 Å². The molecule has 0 spiro atoms. The van der Waals surface area contributed by atoms with E-state index in [2.05, 4.69) is 4.98 Å². The van der Waals surface area contributed by atoms with Crippen LogP contribution in [0.25, 0.3) is 10.9 Å². The molecule has 3 heteroatoms. The molecule has 4 N–H and O–H groups in total. The van der Waals surface area contributed by atoms with Crippen molar-refractivity contribution in [1.29, 1.82) is 0 Å². The van der Waals surface area contributed by atoms with Crippen molar-refractivity contribution in [3.63, 3.8) is 0 Å². The van der Waals surface area contributed by atoms with Crippen LogP contribution in [0.3, 0.4) is 0 Å². The highest BCUT2D eigenvalue weighted by Crippen LogP contribution is 2.42. The summed E-state index contributed by atoms with van der Waals surface area (Å²) in [5.41, 5.74) is 7.11. The van der Waals surface area contributed by atoms with Gasteiger partial charge in [0.25, 0.3) is 0 Å². The number of nitrogens with one attached hydrogen (secondary N) is 1. The Morgan fingerprint density at radius 2 is 2.13 bits per heavy atom. The maximum absolute atomic E-state index is 10.4. The molecule has 2 aromatic rings. The first-order valence-corrected chi connectivity index (χ1v) is 5.24. The molecule has 1 saturated carbocycles. The van der Waals surface area contributed by atoms with Gasteiger partial charge in [-0.3, -0.25) is 0 Å². The van der Waals surface area contributed by atoms with E-state index >= 15 is 0 Å². The quantitative estimate of drug-likeness (QED) is 0.656. The summed E-state index contributed by atoms with van der Waals surface area (Å²) < 4.78 is 0. The molecule has 0 amide bonds. The summed E-state index contributed by atoms with van der Waals surface area (Å²) in [6.45, 7) is 0. The minimum Gasteiger partial charge on any atom is -0.385 e. The Morgan fingerprint density at radius 1 is 1.33 bits per heavy atom. The zero-order valence-electron chi connectivity index (χ0n) is 8.40. The minimum atomic E-state index is -0.707. The van der Waals surface area contributed by atoms with Gasteiger partial charge in [0.15, 0.2) is 0 Å². The number of benzene rings is 1. The lowest BCUT2D eigenvalue weighted by Crippen LogP contribution is -2.49. The van der Waals surface area contributed by atoms with Crippen molar-refractivity contribution in [2.45, 2.75) is 24.5 Å². The highest BCUT2D eigenvalue weighted by Gasteiger charge is 2.42. The number of hydrogen-bond acceptors (Lipinski definition) is 2. The molecule has 1 aliphatic carbocycles. The topological polar surface area (TPSA) is 62.0 Å². The van der Waals surface area contributed by atoms with Crippen molar-refractivity contribution < 1.29 is 5.11 Å². The highest BCUT2D eigenvalue weighted by atomic mass is 16.3. The van der Waals surface area contributed by atoms with Gasteiger partial charge in [0.1, 0.15) is 0 Å². The van der Waals surface area contributed by atoms with Crippen molar-refractivity contribution in [1.82, 2.24) is 4.98 Å². The molecule has 15 heavy (non-hydrogen) atoms. The predicted molar refractivity (Wildman–Crippen MR) is 59.4 cm³/mol. The van der Waals surface area contributed by atoms with Crippen LogP contribution in [-0.4, -0.2) is 16.1 Å². The van der Waals surface area contributed by atoms with Gasteiger partial charge in [0, 0.05) is 23.1 Å². The van der Waals surface area contributed by atoms with Crippen LogP contribution >= 0.6 is 0 Å². The van der Waals surface area contributed by atoms with Crippen molar-refractivity contribution in [3.8, 4) is 0 Å². The summed E-state index contributed by atoms with van der Waals surface area (Å²) in [7, 11) is 0. The number of H-pyrrole nitrogens is 1. The first-order chi connectivity index (χ1) is 7.19. The Hall–Kier alpha value is -1.32. The molecule has 78 valence electrons. The molecule has 0 aliphatic heterocycles. The van der Waals surface area contributed by atoms with Crippen LogP contribution in [0.2, 0.25) is 0 Å². The van der Waals surface area contributed by atoms with Gasteiger partial charge in [-0.05, 0) is 30.5 Å². The van der Waals surface area contributed by atoms with E-state index in [0.717, 1.165) is 16.5 Å². The molecule has 3 nitrogen and oxygen atoms in total. The Kier molecular flexibility index (Phi) is 1.69. The lowest BCUT2D eigenvalue weighted by Gasteiger charge is -2.42. The molecule has 0 saturated heterocycles. The average molecular weight is 202 g/mol. The van der Waals surface area contributed by atoms with Crippen molar-refractivity contribution in [3.05, 3.63) is 36.0 Å². The van der Waals surface area contributed by atoms with Crippen LogP contribution in [0.4, 0.5) is 0 Å². The summed E-state index contributed by atoms with van der Waals surface area (Å²) in [4.78, 5) is 3.15. The number of hydrogen-bond donors (Lipinski definition) is 3. The number of aromatic amines is 1. The van der Waals surface area contributed by atoms with Crippen LogP contribution in [0.1, 0.15) is 18.4 Å². The minimum absolute atomic E-state index is 0.143. The Bertz CT molecular complexity index is 497. The molecule has 0 atom stereocenters. The van der Waals surface area contributed by atoms with Gasteiger partial charge in [0.2, 0.25) is 0 Å². The second kappa shape index (κ2) is 2.84. The van der Waals surface area contributed by atoms with Crippen molar-refractivity contribution in [2.75, 3.05) is 0 Å². The average Bonchev–Trinajstić information content (AvgIpc) is 2.62. The predicted octanol–water partition coefficient (Wildman–Crippen LogP) is 1.48. The number of aliphatic hydroxyl groups is 1. The van der Waals surface area contributed by atoms with Gasteiger partial charge >= 0.3 is 0 Å². The zero-order valence-corrected chi connectivity index (χ0v) is 8.40. The molecular formula is C12H14N2O. The van der Waals surface area contributed by atoms with Gasteiger partial charge in [-0.1, -0.05) is 12.1 Å². The fourth-order valence-electron chi connectivity index (χ4n) is 2.52. The standard InChI is InChI=1S/C12H14N2O/c13-8-6-12(15,7-8)10-2-1-3-11-9(10)4-5-14-11/h1-5,8,14-15H,6-7,13H2. The largest absolute Gasteiger partial charge is 0.385 e. The van der Waals surface area contributed by atoms with Gasteiger partial charge in [-0.15, -0.1) is 0 Å². The van der Waals surface area contributed by atoms with Gasteiger partial charge < -0.3 is 15.8 Å². The Labute approximate surface area is 87.9 Å². The molecule has 1 fully saturated rings. The second-order valence-corrected chi connectivity index (χ2v) is 4.44. The van der Waals surface area contributed by atoms with E-state index in [1.807, 2.05) is 30.5 Å². The Balaban J connectivity index is 2.14. The lowest BCUT2D eigenvalue weighted by molar-refractivity contribution is -0.0509.